The van der Waals surface area contributed by atoms with Crippen molar-refractivity contribution in [1.82, 2.24) is 0 Å². The molecule has 1 rings (SSSR count). The molecule has 0 aliphatic heterocycles. The maximum absolute atomic E-state index is 12.8. The second-order valence-electron chi connectivity index (χ2n) is 3.09. The summed E-state index contributed by atoms with van der Waals surface area (Å²) >= 11 is 5.57. The van der Waals surface area contributed by atoms with E-state index in [1.54, 1.807) is 13.8 Å². The Kier molecular flexibility index (Phi) is 4.55. The van der Waals surface area contributed by atoms with E-state index in [1.807, 2.05) is 0 Å². The number of halogens is 2. The van der Waals surface area contributed by atoms with E-state index < -0.39 is 17.9 Å². The highest BCUT2D eigenvalue weighted by atomic mass is 35.5. The Hall–Kier alpha value is -1.29. The predicted octanol–water partition coefficient (Wildman–Crippen LogP) is 2.81. The molecule has 0 aromatic heterocycles. The summed E-state index contributed by atoms with van der Waals surface area (Å²) in [6.45, 7) is 3.55. The molecule has 0 unspecified atom stereocenters. The molecular weight excluding hydrogens is 235 g/mol. The maximum atomic E-state index is 12.8. The Bertz CT molecular complexity index is 381. The van der Waals surface area contributed by atoms with Gasteiger partial charge in [0, 0.05) is 6.07 Å². The first kappa shape index (κ1) is 12.8. The molecule has 1 aromatic rings. The fraction of sp³-hybridized carbons (Fsp3) is 0.364. The van der Waals surface area contributed by atoms with Crippen molar-refractivity contribution in [3.8, 4) is 5.75 Å². The van der Waals surface area contributed by atoms with Crippen molar-refractivity contribution in [2.45, 2.75) is 20.0 Å². The quantitative estimate of drug-likeness (QED) is 0.767. The highest BCUT2D eigenvalue weighted by Gasteiger charge is 2.16. The second kappa shape index (κ2) is 5.70. The van der Waals surface area contributed by atoms with Crippen LogP contribution in [0.3, 0.4) is 0 Å². The van der Waals surface area contributed by atoms with Crippen LogP contribution >= 0.6 is 11.6 Å². The van der Waals surface area contributed by atoms with Crippen molar-refractivity contribution in [2.24, 2.45) is 0 Å². The van der Waals surface area contributed by atoms with Gasteiger partial charge in [0.2, 0.25) is 0 Å². The molecule has 0 aliphatic carbocycles. The normalized spacial score (nSPS) is 12.0. The van der Waals surface area contributed by atoms with Gasteiger partial charge in [-0.25, -0.2) is 9.18 Å². The van der Waals surface area contributed by atoms with Crippen molar-refractivity contribution in [1.29, 1.82) is 0 Å². The Morgan fingerprint density at radius 2 is 2.25 bits per heavy atom. The first-order valence-corrected chi connectivity index (χ1v) is 5.20. The molecule has 0 fully saturated rings. The van der Waals surface area contributed by atoms with Gasteiger partial charge >= 0.3 is 5.97 Å². The molecule has 1 aromatic carbocycles. The molecule has 0 saturated heterocycles. The SMILES string of the molecule is CCOC(=O)[C@@H](C)Oc1ccc(F)c(Cl)c1. The van der Waals surface area contributed by atoms with Crippen molar-refractivity contribution in [2.75, 3.05) is 6.61 Å². The lowest BCUT2D eigenvalue weighted by Gasteiger charge is -2.13. The van der Waals surface area contributed by atoms with Crippen LogP contribution in [0.25, 0.3) is 0 Å². The van der Waals surface area contributed by atoms with Crippen LogP contribution in [-0.4, -0.2) is 18.7 Å². The van der Waals surface area contributed by atoms with Crippen molar-refractivity contribution < 1.29 is 18.7 Å². The number of carbonyl (C=O) groups is 1. The van der Waals surface area contributed by atoms with Crippen molar-refractivity contribution in [3.63, 3.8) is 0 Å². The van der Waals surface area contributed by atoms with E-state index in [0.29, 0.717) is 5.75 Å². The monoisotopic (exact) mass is 246 g/mol. The average Bonchev–Trinajstić information content (AvgIpc) is 2.24. The summed E-state index contributed by atoms with van der Waals surface area (Å²) in [5.74, 6) is -0.673. The number of ether oxygens (including phenoxy) is 2. The van der Waals surface area contributed by atoms with E-state index >= 15 is 0 Å². The molecule has 0 bridgehead atoms. The summed E-state index contributed by atoms with van der Waals surface area (Å²) in [5.41, 5.74) is 0. The molecule has 88 valence electrons. The molecule has 0 saturated carbocycles. The van der Waals surface area contributed by atoms with Crippen LogP contribution in [0.2, 0.25) is 5.02 Å². The summed E-state index contributed by atoms with van der Waals surface area (Å²) in [6, 6.07) is 3.89. The number of carbonyl (C=O) groups excluding carboxylic acids is 1. The van der Waals surface area contributed by atoms with Gasteiger partial charge < -0.3 is 9.47 Å². The van der Waals surface area contributed by atoms with Crippen LogP contribution in [0, 0.1) is 5.82 Å². The number of rotatable bonds is 4. The number of benzene rings is 1. The Labute approximate surface area is 98.1 Å². The lowest BCUT2D eigenvalue weighted by Crippen LogP contribution is -2.26. The standard InChI is InChI=1S/C11H12ClFO3/c1-3-15-11(14)7(2)16-8-4-5-10(13)9(12)6-8/h4-7H,3H2,1-2H3/t7-/m1/s1. The molecule has 0 heterocycles. The summed E-state index contributed by atoms with van der Waals surface area (Å²) in [4.78, 5) is 11.2. The molecule has 5 heteroatoms. The summed E-state index contributed by atoms with van der Waals surface area (Å²) in [5, 5.41) is -0.0476. The van der Waals surface area contributed by atoms with Gasteiger partial charge in [0.05, 0.1) is 11.6 Å². The van der Waals surface area contributed by atoms with Gasteiger partial charge in [-0.05, 0) is 26.0 Å². The van der Waals surface area contributed by atoms with E-state index in [9.17, 15) is 9.18 Å². The van der Waals surface area contributed by atoms with Crippen LogP contribution in [-0.2, 0) is 9.53 Å². The minimum atomic E-state index is -0.749. The summed E-state index contributed by atoms with van der Waals surface area (Å²) in [6.07, 6.45) is -0.749. The van der Waals surface area contributed by atoms with Crippen LogP contribution in [0.15, 0.2) is 18.2 Å². The van der Waals surface area contributed by atoms with Crippen molar-refractivity contribution in [3.05, 3.63) is 29.0 Å². The molecule has 0 N–H and O–H groups in total. The Balaban J connectivity index is 2.66. The van der Waals surface area contributed by atoms with E-state index in [1.165, 1.54) is 18.2 Å². The highest BCUT2D eigenvalue weighted by Crippen LogP contribution is 2.22. The largest absolute Gasteiger partial charge is 0.479 e. The van der Waals surface area contributed by atoms with Crippen LogP contribution in [0.4, 0.5) is 4.39 Å². The predicted molar refractivity (Wildman–Crippen MR) is 58.1 cm³/mol. The van der Waals surface area contributed by atoms with E-state index in [4.69, 9.17) is 21.1 Å². The molecule has 0 radical (unpaired) electrons. The lowest BCUT2D eigenvalue weighted by molar-refractivity contribution is -0.150. The minimum absolute atomic E-state index is 0.0476. The third-order valence-corrected chi connectivity index (χ3v) is 2.11. The van der Waals surface area contributed by atoms with E-state index in [-0.39, 0.29) is 11.6 Å². The maximum Gasteiger partial charge on any atom is 0.347 e. The fourth-order valence-corrected chi connectivity index (χ4v) is 1.23. The molecule has 1 atom stereocenters. The van der Waals surface area contributed by atoms with Crippen molar-refractivity contribution >= 4 is 17.6 Å². The number of esters is 1. The van der Waals surface area contributed by atoms with Gasteiger partial charge in [-0.1, -0.05) is 11.6 Å². The molecular formula is C11H12ClFO3. The molecule has 0 spiro atoms. The van der Waals surface area contributed by atoms with E-state index in [2.05, 4.69) is 0 Å². The highest BCUT2D eigenvalue weighted by molar-refractivity contribution is 6.30. The molecule has 16 heavy (non-hydrogen) atoms. The zero-order chi connectivity index (χ0) is 12.1. The molecule has 0 aliphatic rings. The summed E-state index contributed by atoms with van der Waals surface area (Å²) < 4.78 is 22.8. The molecule has 0 amide bonds. The fourth-order valence-electron chi connectivity index (χ4n) is 1.06. The first-order chi connectivity index (χ1) is 7.54. The van der Waals surface area contributed by atoms with Gasteiger partial charge in [-0.15, -0.1) is 0 Å². The zero-order valence-corrected chi connectivity index (χ0v) is 9.75. The average molecular weight is 247 g/mol. The molecule has 3 nitrogen and oxygen atoms in total. The van der Waals surface area contributed by atoms with Gasteiger partial charge in [-0.2, -0.15) is 0 Å². The van der Waals surface area contributed by atoms with E-state index in [0.717, 1.165) is 0 Å². The van der Waals surface area contributed by atoms with Gasteiger partial charge in [0.25, 0.3) is 0 Å². The smallest absolute Gasteiger partial charge is 0.347 e. The lowest BCUT2D eigenvalue weighted by atomic mass is 10.3. The third kappa shape index (κ3) is 3.38. The van der Waals surface area contributed by atoms with Gasteiger partial charge in [0.15, 0.2) is 6.10 Å². The second-order valence-corrected chi connectivity index (χ2v) is 3.50. The third-order valence-electron chi connectivity index (χ3n) is 1.82. The zero-order valence-electron chi connectivity index (χ0n) is 9.00. The number of hydrogen-bond acceptors (Lipinski definition) is 3. The Morgan fingerprint density at radius 3 is 2.81 bits per heavy atom. The summed E-state index contributed by atoms with van der Waals surface area (Å²) in [7, 11) is 0. The first-order valence-electron chi connectivity index (χ1n) is 4.83. The minimum Gasteiger partial charge on any atom is -0.479 e. The Morgan fingerprint density at radius 1 is 1.56 bits per heavy atom. The van der Waals surface area contributed by atoms with Crippen LogP contribution in [0.1, 0.15) is 13.8 Å². The van der Waals surface area contributed by atoms with Gasteiger partial charge in [0.1, 0.15) is 11.6 Å². The van der Waals surface area contributed by atoms with Crippen LogP contribution in [0.5, 0.6) is 5.75 Å². The van der Waals surface area contributed by atoms with Crippen LogP contribution < -0.4 is 4.74 Å². The topological polar surface area (TPSA) is 35.5 Å². The van der Waals surface area contributed by atoms with Gasteiger partial charge in [-0.3, -0.25) is 0 Å². The number of hydrogen-bond donors (Lipinski definition) is 0.